The first-order valence-corrected chi connectivity index (χ1v) is 8.14. The first-order chi connectivity index (χ1) is 8.24. The van der Waals surface area contributed by atoms with Gasteiger partial charge in [-0.3, -0.25) is 4.90 Å². The number of rotatable bonds is 4. The molecule has 1 saturated carbocycles. The van der Waals surface area contributed by atoms with E-state index in [1.54, 1.807) is 0 Å². The van der Waals surface area contributed by atoms with E-state index in [-0.39, 0.29) is 0 Å². The van der Waals surface area contributed by atoms with Crippen LogP contribution in [0.15, 0.2) is 15.9 Å². The number of thiophene rings is 1. The van der Waals surface area contributed by atoms with Crippen LogP contribution in [-0.2, 0) is 0 Å². The van der Waals surface area contributed by atoms with Crippen molar-refractivity contribution in [3.05, 3.63) is 20.8 Å². The molecule has 2 atom stereocenters. The summed E-state index contributed by atoms with van der Waals surface area (Å²) in [4.78, 5) is 4.09. The maximum Gasteiger partial charge on any atom is 0.0400 e. The van der Waals surface area contributed by atoms with Crippen LogP contribution < -0.4 is 5.32 Å². The summed E-state index contributed by atoms with van der Waals surface area (Å²) in [5.74, 6) is 0. The fourth-order valence-electron chi connectivity index (χ4n) is 2.74. The van der Waals surface area contributed by atoms with Crippen LogP contribution in [0.4, 0.5) is 0 Å². The molecule has 1 aliphatic heterocycles. The van der Waals surface area contributed by atoms with Gasteiger partial charge in [0, 0.05) is 40.6 Å². The van der Waals surface area contributed by atoms with Crippen molar-refractivity contribution in [2.24, 2.45) is 0 Å². The summed E-state index contributed by atoms with van der Waals surface area (Å²) in [7, 11) is 0. The summed E-state index contributed by atoms with van der Waals surface area (Å²) >= 11 is 5.46. The highest BCUT2D eigenvalue weighted by molar-refractivity contribution is 9.10. The number of likely N-dealkylation sites (tertiary alicyclic amines) is 1. The van der Waals surface area contributed by atoms with Crippen molar-refractivity contribution in [1.29, 1.82) is 0 Å². The van der Waals surface area contributed by atoms with E-state index >= 15 is 0 Å². The molecule has 3 rings (SSSR count). The Bertz CT molecular complexity index is 389. The van der Waals surface area contributed by atoms with Gasteiger partial charge in [-0.25, -0.2) is 0 Å². The van der Waals surface area contributed by atoms with Gasteiger partial charge in [-0.05, 0) is 53.6 Å². The molecule has 1 aromatic rings. The van der Waals surface area contributed by atoms with Crippen molar-refractivity contribution in [3.63, 3.8) is 0 Å². The Morgan fingerprint density at radius 1 is 1.47 bits per heavy atom. The molecule has 0 aromatic carbocycles. The van der Waals surface area contributed by atoms with Crippen molar-refractivity contribution in [2.75, 3.05) is 13.1 Å². The van der Waals surface area contributed by atoms with Gasteiger partial charge >= 0.3 is 0 Å². The summed E-state index contributed by atoms with van der Waals surface area (Å²) in [5, 5.41) is 5.93. The van der Waals surface area contributed by atoms with Gasteiger partial charge in [-0.1, -0.05) is 0 Å². The second-order valence-electron chi connectivity index (χ2n) is 5.23. The number of hydrogen-bond acceptors (Lipinski definition) is 3. The molecule has 0 spiro atoms. The Balaban J connectivity index is 1.55. The predicted molar refractivity (Wildman–Crippen MR) is 76.6 cm³/mol. The molecular formula is C13H19BrN2S. The minimum Gasteiger partial charge on any atom is -0.305 e. The summed E-state index contributed by atoms with van der Waals surface area (Å²) in [6.07, 6.45) is 4.17. The maximum absolute atomic E-state index is 3.77. The van der Waals surface area contributed by atoms with Crippen LogP contribution in [0.3, 0.4) is 0 Å². The zero-order valence-corrected chi connectivity index (χ0v) is 12.6. The predicted octanol–water partition coefficient (Wildman–Crippen LogP) is 3.40. The van der Waals surface area contributed by atoms with Gasteiger partial charge in [-0.15, -0.1) is 11.3 Å². The van der Waals surface area contributed by atoms with Crippen LogP contribution in [-0.4, -0.2) is 30.1 Å². The molecule has 2 unspecified atom stereocenters. The minimum atomic E-state index is 0.466. The number of nitrogens with zero attached hydrogens (tertiary/aromatic N) is 1. The lowest BCUT2D eigenvalue weighted by molar-refractivity contribution is 0.314. The van der Waals surface area contributed by atoms with Crippen LogP contribution in [0.5, 0.6) is 0 Å². The second kappa shape index (κ2) is 5.00. The molecule has 1 saturated heterocycles. The van der Waals surface area contributed by atoms with Gasteiger partial charge in [0.25, 0.3) is 0 Å². The Hall–Kier alpha value is 0.100. The molecule has 0 amide bonds. The topological polar surface area (TPSA) is 15.3 Å². The van der Waals surface area contributed by atoms with Gasteiger partial charge in [0.1, 0.15) is 0 Å². The van der Waals surface area contributed by atoms with Crippen molar-refractivity contribution < 1.29 is 0 Å². The molecule has 94 valence electrons. The van der Waals surface area contributed by atoms with Gasteiger partial charge in [-0.2, -0.15) is 0 Å². The number of halogens is 1. The van der Waals surface area contributed by atoms with Gasteiger partial charge in [0.05, 0.1) is 0 Å². The molecule has 2 nitrogen and oxygen atoms in total. The lowest BCUT2D eigenvalue weighted by Gasteiger charge is -2.20. The van der Waals surface area contributed by atoms with Crippen LogP contribution in [0.1, 0.15) is 37.1 Å². The smallest absolute Gasteiger partial charge is 0.0400 e. The second-order valence-corrected chi connectivity index (χ2v) is 7.03. The molecule has 0 bridgehead atoms. The monoisotopic (exact) mass is 314 g/mol. The van der Waals surface area contributed by atoms with E-state index in [9.17, 15) is 0 Å². The molecule has 0 radical (unpaired) electrons. The quantitative estimate of drug-likeness (QED) is 0.916. The minimum absolute atomic E-state index is 0.466. The summed E-state index contributed by atoms with van der Waals surface area (Å²) in [6.45, 7) is 4.81. The fourth-order valence-corrected chi connectivity index (χ4v) is 4.47. The standard InChI is InChI=1S/C13H19BrN2S/c1-9(13-12(14)5-7-17-13)15-10-4-6-16(8-10)11-2-3-11/h5,7,9-11,15H,2-4,6,8H2,1H3. The average Bonchev–Trinajstić information content (AvgIpc) is 2.90. The van der Waals surface area contributed by atoms with E-state index in [1.807, 2.05) is 11.3 Å². The van der Waals surface area contributed by atoms with Crippen LogP contribution in [0, 0.1) is 0 Å². The van der Waals surface area contributed by atoms with Crippen molar-refractivity contribution in [3.8, 4) is 0 Å². The summed E-state index contributed by atoms with van der Waals surface area (Å²) in [6, 6.07) is 4.21. The van der Waals surface area contributed by atoms with Gasteiger partial charge < -0.3 is 5.32 Å². The first-order valence-electron chi connectivity index (χ1n) is 6.47. The molecule has 1 N–H and O–H groups in total. The molecular weight excluding hydrogens is 296 g/mol. The number of nitrogens with one attached hydrogen (secondary N) is 1. The molecule has 4 heteroatoms. The zero-order valence-electron chi connectivity index (χ0n) is 10.2. The van der Waals surface area contributed by atoms with Crippen molar-refractivity contribution in [2.45, 2.75) is 44.3 Å². The van der Waals surface area contributed by atoms with E-state index in [2.05, 4.69) is 44.5 Å². The third kappa shape index (κ3) is 2.75. The summed E-state index contributed by atoms with van der Waals surface area (Å²) < 4.78 is 1.25. The largest absolute Gasteiger partial charge is 0.305 e. The lowest BCUT2D eigenvalue weighted by Crippen LogP contribution is -2.34. The molecule has 2 fully saturated rings. The molecule has 2 aliphatic rings. The van der Waals surface area contributed by atoms with E-state index in [0.29, 0.717) is 12.1 Å². The Morgan fingerprint density at radius 3 is 2.94 bits per heavy atom. The van der Waals surface area contributed by atoms with Crippen molar-refractivity contribution in [1.82, 2.24) is 10.2 Å². The molecule has 1 aliphatic carbocycles. The SMILES string of the molecule is CC(NC1CCN(C2CC2)C1)c1sccc1Br. The highest BCUT2D eigenvalue weighted by atomic mass is 79.9. The highest BCUT2D eigenvalue weighted by Crippen LogP contribution is 2.32. The molecule has 1 aromatic heterocycles. The van der Waals surface area contributed by atoms with E-state index < -0.39 is 0 Å². The van der Waals surface area contributed by atoms with Crippen LogP contribution in [0.2, 0.25) is 0 Å². The Labute approximate surface area is 116 Å². The maximum atomic E-state index is 3.77. The van der Waals surface area contributed by atoms with E-state index in [4.69, 9.17) is 0 Å². The van der Waals surface area contributed by atoms with Crippen LogP contribution >= 0.6 is 27.3 Å². The van der Waals surface area contributed by atoms with E-state index in [0.717, 1.165) is 6.04 Å². The van der Waals surface area contributed by atoms with Crippen LogP contribution in [0.25, 0.3) is 0 Å². The highest BCUT2D eigenvalue weighted by Gasteiger charge is 2.34. The van der Waals surface area contributed by atoms with Gasteiger partial charge in [0.2, 0.25) is 0 Å². The van der Waals surface area contributed by atoms with E-state index in [1.165, 1.54) is 41.7 Å². The third-order valence-corrected chi connectivity index (χ3v) is 5.86. The Kier molecular flexibility index (Phi) is 3.57. The lowest BCUT2D eigenvalue weighted by atomic mass is 10.2. The van der Waals surface area contributed by atoms with Gasteiger partial charge in [0.15, 0.2) is 0 Å². The number of hydrogen-bond donors (Lipinski definition) is 1. The molecule has 17 heavy (non-hydrogen) atoms. The zero-order chi connectivity index (χ0) is 11.8. The fraction of sp³-hybridized carbons (Fsp3) is 0.692. The normalized spacial score (nSPS) is 27.5. The third-order valence-electron chi connectivity index (χ3n) is 3.81. The summed E-state index contributed by atoms with van der Waals surface area (Å²) in [5.41, 5.74) is 0. The molecule has 2 heterocycles. The average molecular weight is 315 g/mol. The first kappa shape index (κ1) is 12.2. The van der Waals surface area contributed by atoms with Crippen molar-refractivity contribution >= 4 is 27.3 Å². The Morgan fingerprint density at radius 2 is 2.29 bits per heavy atom.